The van der Waals surface area contributed by atoms with Crippen LogP contribution in [0.2, 0.25) is 0 Å². The summed E-state index contributed by atoms with van der Waals surface area (Å²) in [6, 6.07) is 8.59. The van der Waals surface area contributed by atoms with Gasteiger partial charge in [0, 0.05) is 50.5 Å². The monoisotopic (exact) mass is 407 g/mol. The highest BCUT2D eigenvalue weighted by Gasteiger charge is 2.30. The fraction of sp³-hybridized carbons (Fsp3) is 0.435. The maximum Gasteiger partial charge on any atom is 0.254 e. The van der Waals surface area contributed by atoms with E-state index in [2.05, 4.69) is 10.00 Å². The molecule has 0 spiro atoms. The van der Waals surface area contributed by atoms with Crippen LogP contribution in [0, 0.1) is 12.7 Å². The number of carbonyl (C=O) groups excluding carboxylic acids is 1. The first-order chi connectivity index (χ1) is 14.5. The SMILES string of the molecule is Cc1nn(C)c2nc(C3CC3)cc(C(=O)N3CCCN(c4ccc(F)cc4)CC3)c12. The number of halogens is 1. The molecule has 30 heavy (non-hydrogen) atoms. The third-order valence-corrected chi connectivity index (χ3v) is 6.19. The van der Waals surface area contributed by atoms with Gasteiger partial charge in [-0.05, 0) is 56.5 Å². The minimum absolute atomic E-state index is 0.0568. The lowest BCUT2D eigenvalue weighted by molar-refractivity contribution is 0.0768. The fourth-order valence-electron chi connectivity index (χ4n) is 4.42. The largest absolute Gasteiger partial charge is 0.370 e. The molecule has 1 aliphatic carbocycles. The number of aromatic nitrogens is 3. The van der Waals surface area contributed by atoms with E-state index in [1.807, 2.05) is 24.9 Å². The van der Waals surface area contributed by atoms with Crippen LogP contribution in [0.25, 0.3) is 11.0 Å². The molecule has 3 heterocycles. The predicted octanol–water partition coefficient (Wildman–Crippen LogP) is 3.65. The van der Waals surface area contributed by atoms with Crippen molar-refractivity contribution in [3.05, 3.63) is 53.1 Å². The van der Waals surface area contributed by atoms with E-state index in [0.717, 1.165) is 66.0 Å². The fourth-order valence-corrected chi connectivity index (χ4v) is 4.42. The summed E-state index contributed by atoms with van der Waals surface area (Å²) in [7, 11) is 1.89. The molecule has 1 aliphatic heterocycles. The molecule has 1 saturated heterocycles. The number of benzene rings is 1. The van der Waals surface area contributed by atoms with Crippen molar-refractivity contribution < 1.29 is 9.18 Å². The molecule has 5 rings (SSSR count). The predicted molar refractivity (Wildman–Crippen MR) is 114 cm³/mol. The van der Waals surface area contributed by atoms with Gasteiger partial charge in [0.05, 0.1) is 16.6 Å². The first kappa shape index (κ1) is 19.0. The van der Waals surface area contributed by atoms with Crippen LogP contribution in [0.4, 0.5) is 10.1 Å². The summed E-state index contributed by atoms with van der Waals surface area (Å²) in [5.41, 5.74) is 4.37. The Morgan fingerprint density at radius 3 is 2.60 bits per heavy atom. The third-order valence-electron chi connectivity index (χ3n) is 6.19. The molecule has 156 valence electrons. The van der Waals surface area contributed by atoms with E-state index in [0.29, 0.717) is 19.0 Å². The van der Waals surface area contributed by atoms with Crippen LogP contribution in [-0.2, 0) is 7.05 Å². The number of carbonyl (C=O) groups is 1. The summed E-state index contributed by atoms with van der Waals surface area (Å²) in [6.07, 6.45) is 3.15. The van der Waals surface area contributed by atoms with Crippen LogP contribution in [0.5, 0.6) is 0 Å². The molecule has 1 aromatic carbocycles. The van der Waals surface area contributed by atoms with Crippen molar-refractivity contribution in [1.82, 2.24) is 19.7 Å². The number of rotatable bonds is 3. The average molecular weight is 407 g/mol. The number of pyridine rings is 1. The quantitative estimate of drug-likeness (QED) is 0.665. The van der Waals surface area contributed by atoms with Gasteiger partial charge in [-0.3, -0.25) is 9.48 Å². The Morgan fingerprint density at radius 1 is 1.10 bits per heavy atom. The molecule has 0 N–H and O–H groups in total. The molecule has 2 fully saturated rings. The number of nitrogens with zero attached hydrogens (tertiary/aromatic N) is 5. The standard InChI is InChI=1S/C23H26FN5O/c1-15-21-19(14-20(16-4-5-16)25-22(21)27(2)26-15)23(30)29-11-3-10-28(12-13-29)18-8-6-17(24)7-9-18/h6-9,14,16H,3-5,10-13H2,1-2H3. The molecule has 2 aliphatic rings. The normalized spacial score (nSPS) is 17.4. The number of amides is 1. The van der Waals surface area contributed by atoms with Gasteiger partial charge in [0.25, 0.3) is 5.91 Å². The van der Waals surface area contributed by atoms with Crippen molar-refractivity contribution in [2.75, 3.05) is 31.1 Å². The second-order valence-corrected chi connectivity index (χ2v) is 8.39. The van der Waals surface area contributed by atoms with Gasteiger partial charge in [0.1, 0.15) is 5.82 Å². The third kappa shape index (κ3) is 3.42. The lowest BCUT2D eigenvalue weighted by atomic mass is 10.1. The summed E-state index contributed by atoms with van der Waals surface area (Å²) in [5.74, 6) is 0.293. The van der Waals surface area contributed by atoms with Crippen LogP contribution in [0.1, 0.15) is 46.9 Å². The maximum absolute atomic E-state index is 13.6. The highest BCUT2D eigenvalue weighted by Crippen LogP contribution is 2.40. The molecule has 0 unspecified atom stereocenters. The Labute approximate surface area is 175 Å². The second-order valence-electron chi connectivity index (χ2n) is 8.39. The molecule has 1 amide bonds. The molecule has 7 heteroatoms. The van der Waals surface area contributed by atoms with Crippen molar-refractivity contribution in [2.24, 2.45) is 7.05 Å². The highest BCUT2D eigenvalue weighted by atomic mass is 19.1. The highest BCUT2D eigenvalue weighted by molar-refractivity contribution is 6.06. The van der Waals surface area contributed by atoms with E-state index in [9.17, 15) is 9.18 Å². The lowest BCUT2D eigenvalue weighted by Crippen LogP contribution is -2.35. The van der Waals surface area contributed by atoms with Crippen molar-refractivity contribution in [1.29, 1.82) is 0 Å². The van der Waals surface area contributed by atoms with Gasteiger partial charge in [0.2, 0.25) is 0 Å². The number of hydrogen-bond acceptors (Lipinski definition) is 4. The van der Waals surface area contributed by atoms with Crippen molar-refractivity contribution in [3.8, 4) is 0 Å². The summed E-state index contributed by atoms with van der Waals surface area (Å²) >= 11 is 0. The van der Waals surface area contributed by atoms with Gasteiger partial charge < -0.3 is 9.80 Å². The molecule has 1 saturated carbocycles. The van der Waals surface area contributed by atoms with Crippen LogP contribution < -0.4 is 4.90 Å². The molecule has 2 aromatic heterocycles. The second kappa shape index (κ2) is 7.38. The van der Waals surface area contributed by atoms with Crippen molar-refractivity contribution >= 4 is 22.6 Å². The Balaban J connectivity index is 1.43. The number of hydrogen-bond donors (Lipinski definition) is 0. The summed E-state index contributed by atoms with van der Waals surface area (Å²) in [4.78, 5) is 22.6. The zero-order chi connectivity index (χ0) is 20.8. The van der Waals surface area contributed by atoms with E-state index in [4.69, 9.17) is 4.98 Å². The lowest BCUT2D eigenvalue weighted by Gasteiger charge is -2.24. The molecule has 0 atom stereocenters. The Kier molecular flexibility index (Phi) is 4.68. The number of aryl methyl sites for hydroxylation is 2. The van der Waals surface area contributed by atoms with Crippen molar-refractivity contribution in [3.63, 3.8) is 0 Å². The van der Waals surface area contributed by atoms with Crippen LogP contribution in [-0.4, -0.2) is 51.8 Å². The van der Waals surface area contributed by atoms with E-state index in [1.54, 1.807) is 16.8 Å². The van der Waals surface area contributed by atoms with Gasteiger partial charge in [-0.25, -0.2) is 9.37 Å². The molecular weight excluding hydrogens is 381 g/mol. The molecule has 3 aromatic rings. The minimum atomic E-state index is -0.231. The van der Waals surface area contributed by atoms with Crippen LogP contribution >= 0.6 is 0 Å². The van der Waals surface area contributed by atoms with E-state index >= 15 is 0 Å². The smallest absolute Gasteiger partial charge is 0.254 e. The molecular formula is C23H26FN5O. The summed E-state index contributed by atoms with van der Waals surface area (Å²) in [5, 5.41) is 5.39. The number of fused-ring (bicyclic) bond motifs is 1. The first-order valence-electron chi connectivity index (χ1n) is 10.7. The Hall–Kier alpha value is -2.96. The van der Waals surface area contributed by atoms with E-state index < -0.39 is 0 Å². The van der Waals surface area contributed by atoms with Crippen LogP contribution in [0.3, 0.4) is 0 Å². The van der Waals surface area contributed by atoms with Gasteiger partial charge >= 0.3 is 0 Å². The van der Waals surface area contributed by atoms with Crippen molar-refractivity contribution in [2.45, 2.75) is 32.1 Å². The summed E-state index contributed by atoms with van der Waals surface area (Å²) in [6.45, 7) is 4.86. The zero-order valence-electron chi connectivity index (χ0n) is 17.4. The number of anilines is 1. The summed E-state index contributed by atoms with van der Waals surface area (Å²) < 4.78 is 15.0. The molecule has 6 nitrogen and oxygen atoms in total. The topological polar surface area (TPSA) is 54.3 Å². The average Bonchev–Trinajstić information content (AvgIpc) is 3.57. The Morgan fingerprint density at radius 2 is 1.87 bits per heavy atom. The Bertz CT molecular complexity index is 1100. The zero-order valence-corrected chi connectivity index (χ0v) is 17.4. The molecule has 0 radical (unpaired) electrons. The van der Waals surface area contributed by atoms with Gasteiger partial charge in [-0.15, -0.1) is 0 Å². The van der Waals surface area contributed by atoms with Gasteiger partial charge in [0.15, 0.2) is 5.65 Å². The van der Waals surface area contributed by atoms with Crippen LogP contribution in [0.15, 0.2) is 30.3 Å². The maximum atomic E-state index is 13.6. The van der Waals surface area contributed by atoms with E-state index in [-0.39, 0.29) is 11.7 Å². The van der Waals surface area contributed by atoms with Gasteiger partial charge in [-0.1, -0.05) is 0 Å². The van der Waals surface area contributed by atoms with Gasteiger partial charge in [-0.2, -0.15) is 5.10 Å². The van der Waals surface area contributed by atoms with E-state index in [1.165, 1.54) is 12.1 Å². The molecule has 0 bridgehead atoms. The first-order valence-corrected chi connectivity index (χ1v) is 10.7. The minimum Gasteiger partial charge on any atom is -0.370 e.